The Balaban J connectivity index is 3.76. The van der Waals surface area contributed by atoms with Crippen molar-refractivity contribution in [3.8, 4) is 0 Å². The van der Waals surface area contributed by atoms with Crippen LogP contribution < -0.4 is 0 Å². The second-order valence-corrected chi connectivity index (χ2v) is 8.80. The molecule has 1 N–H and O–H groups in total. The fourth-order valence-corrected chi connectivity index (χ4v) is 3.84. The molecule has 0 radical (unpaired) electrons. The SMILES string of the molecule is CCCCCCCCCCCCOC(C)C(CCCCCCCC)OCCCO. The average molecular weight is 415 g/mol. The Hall–Kier alpha value is -0.120. The van der Waals surface area contributed by atoms with E-state index in [9.17, 15) is 0 Å². The van der Waals surface area contributed by atoms with Crippen LogP contribution in [0.1, 0.15) is 136 Å². The van der Waals surface area contributed by atoms with E-state index in [-0.39, 0.29) is 18.8 Å². The smallest absolute Gasteiger partial charge is 0.0833 e. The number of aliphatic hydroxyl groups is 1. The maximum absolute atomic E-state index is 9.02. The minimum Gasteiger partial charge on any atom is -0.396 e. The lowest BCUT2D eigenvalue weighted by Gasteiger charge is -2.25. The van der Waals surface area contributed by atoms with Crippen LogP contribution in [0, 0.1) is 0 Å². The molecule has 2 atom stereocenters. The van der Waals surface area contributed by atoms with E-state index in [0.717, 1.165) is 19.4 Å². The lowest BCUT2D eigenvalue weighted by molar-refractivity contribution is -0.0719. The third-order valence-electron chi connectivity index (χ3n) is 5.88. The quantitative estimate of drug-likeness (QED) is 0.164. The summed E-state index contributed by atoms with van der Waals surface area (Å²) in [6, 6.07) is 0. The van der Waals surface area contributed by atoms with Gasteiger partial charge in [0.2, 0.25) is 0 Å². The summed E-state index contributed by atoms with van der Waals surface area (Å²) < 4.78 is 12.2. The standard InChI is InChI=1S/C26H54O3/c1-4-6-8-10-12-13-14-15-17-19-23-28-25(3)26(29-24-20-22-27)21-18-16-11-9-7-5-2/h25-27H,4-24H2,1-3H3. The highest BCUT2D eigenvalue weighted by atomic mass is 16.5. The third-order valence-corrected chi connectivity index (χ3v) is 5.88. The Kier molecular flexibility index (Phi) is 24.1. The second kappa shape index (κ2) is 24.2. The third kappa shape index (κ3) is 20.9. The van der Waals surface area contributed by atoms with Gasteiger partial charge < -0.3 is 14.6 Å². The van der Waals surface area contributed by atoms with Gasteiger partial charge in [-0.15, -0.1) is 0 Å². The van der Waals surface area contributed by atoms with Gasteiger partial charge in [-0.2, -0.15) is 0 Å². The van der Waals surface area contributed by atoms with Gasteiger partial charge in [-0.1, -0.05) is 110 Å². The zero-order chi connectivity index (χ0) is 21.4. The predicted octanol–water partition coefficient (Wildman–Crippen LogP) is 7.83. The molecule has 0 rings (SSSR count). The first-order valence-electron chi connectivity index (χ1n) is 13.1. The monoisotopic (exact) mass is 414 g/mol. The molecular formula is C26H54O3. The number of unbranched alkanes of at least 4 members (excludes halogenated alkanes) is 14. The number of hydrogen-bond acceptors (Lipinski definition) is 3. The normalized spacial score (nSPS) is 13.7. The summed E-state index contributed by atoms with van der Waals surface area (Å²) in [4.78, 5) is 0. The zero-order valence-electron chi connectivity index (χ0n) is 20.3. The van der Waals surface area contributed by atoms with E-state index in [4.69, 9.17) is 14.6 Å². The maximum Gasteiger partial charge on any atom is 0.0833 e. The van der Waals surface area contributed by atoms with Crippen molar-refractivity contribution in [2.24, 2.45) is 0 Å². The number of rotatable bonds is 24. The van der Waals surface area contributed by atoms with Gasteiger partial charge in [-0.25, -0.2) is 0 Å². The van der Waals surface area contributed by atoms with Crippen LogP contribution in [0.5, 0.6) is 0 Å². The van der Waals surface area contributed by atoms with Gasteiger partial charge >= 0.3 is 0 Å². The molecule has 0 bridgehead atoms. The Morgan fingerprint density at radius 2 is 1.00 bits per heavy atom. The van der Waals surface area contributed by atoms with Gasteiger partial charge in [0, 0.05) is 19.8 Å². The molecule has 176 valence electrons. The molecule has 0 heterocycles. The first kappa shape index (κ1) is 28.9. The van der Waals surface area contributed by atoms with E-state index in [1.165, 1.54) is 103 Å². The van der Waals surface area contributed by atoms with E-state index >= 15 is 0 Å². The Morgan fingerprint density at radius 1 is 0.552 bits per heavy atom. The summed E-state index contributed by atoms with van der Waals surface area (Å²) in [5.41, 5.74) is 0. The largest absolute Gasteiger partial charge is 0.396 e. The minimum absolute atomic E-state index is 0.155. The van der Waals surface area contributed by atoms with Crippen LogP contribution >= 0.6 is 0 Å². The van der Waals surface area contributed by atoms with Crippen molar-refractivity contribution in [2.75, 3.05) is 19.8 Å². The highest BCUT2D eigenvalue weighted by Crippen LogP contribution is 2.16. The van der Waals surface area contributed by atoms with Crippen molar-refractivity contribution < 1.29 is 14.6 Å². The molecular weight excluding hydrogens is 360 g/mol. The van der Waals surface area contributed by atoms with E-state index < -0.39 is 0 Å². The van der Waals surface area contributed by atoms with Gasteiger partial charge in [0.1, 0.15) is 0 Å². The first-order chi connectivity index (χ1) is 14.3. The van der Waals surface area contributed by atoms with Crippen LogP contribution in [0.2, 0.25) is 0 Å². The van der Waals surface area contributed by atoms with Crippen molar-refractivity contribution in [3.63, 3.8) is 0 Å². The molecule has 0 saturated carbocycles. The summed E-state index contributed by atoms with van der Waals surface area (Å²) in [6.45, 7) is 8.41. The average Bonchev–Trinajstić information content (AvgIpc) is 2.73. The molecule has 0 aromatic rings. The fraction of sp³-hybridized carbons (Fsp3) is 1.00. The molecule has 0 spiro atoms. The summed E-state index contributed by atoms with van der Waals surface area (Å²) in [6.07, 6.45) is 23.6. The topological polar surface area (TPSA) is 38.7 Å². The van der Waals surface area contributed by atoms with E-state index in [1.807, 2.05) is 0 Å². The molecule has 0 saturated heterocycles. The van der Waals surface area contributed by atoms with E-state index in [0.29, 0.717) is 6.61 Å². The molecule has 0 aliphatic carbocycles. The summed E-state index contributed by atoms with van der Waals surface area (Å²) >= 11 is 0. The molecule has 29 heavy (non-hydrogen) atoms. The highest BCUT2D eigenvalue weighted by molar-refractivity contribution is 4.67. The van der Waals surface area contributed by atoms with Crippen molar-refractivity contribution in [2.45, 2.75) is 149 Å². The van der Waals surface area contributed by atoms with Crippen LogP contribution in [0.15, 0.2) is 0 Å². The molecule has 0 amide bonds. The van der Waals surface area contributed by atoms with Crippen LogP contribution in [-0.2, 0) is 9.47 Å². The summed E-state index contributed by atoms with van der Waals surface area (Å²) in [7, 11) is 0. The minimum atomic E-state index is 0.155. The van der Waals surface area contributed by atoms with E-state index in [1.54, 1.807) is 0 Å². The molecule has 0 fully saturated rings. The molecule has 0 aliphatic heterocycles. The lowest BCUT2D eigenvalue weighted by Crippen LogP contribution is -2.30. The molecule has 3 nitrogen and oxygen atoms in total. The molecule has 0 aromatic carbocycles. The zero-order valence-corrected chi connectivity index (χ0v) is 20.3. The number of ether oxygens (including phenoxy) is 2. The molecule has 0 aliphatic rings. The van der Waals surface area contributed by atoms with Crippen molar-refractivity contribution >= 4 is 0 Å². The Labute approximate surface area is 183 Å². The van der Waals surface area contributed by atoms with Crippen LogP contribution in [0.3, 0.4) is 0 Å². The first-order valence-corrected chi connectivity index (χ1v) is 13.1. The highest BCUT2D eigenvalue weighted by Gasteiger charge is 2.18. The van der Waals surface area contributed by atoms with Crippen LogP contribution in [-0.4, -0.2) is 37.1 Å². The van der Waals surface area contributed by atoms with Crippen molar-refractivity contribution in [1.29, 1.82) is 0 Å². The van der Waals surface area contributed by atoms with Gasteiger partial charge in [0.15, 0.2) is 0 Å². The number of hydrogen-bond donors (Lipinski definition) is 1. The molecule has 3 heteroatoms. The van der Waals surface area contributed by atoms with E-state index in [2.05, 4.69) is 20.8 Å². The Morgan fingerprint density at radius 3 is 1.52 bits per heavy atom. The molecule has 0 aromatic heterocycles. The fourth-order valence-electron chi connectivity index (χ4n) is 3.84. The summed E-state index contributed by atoms with van der Waals surface area (Å²) in [5.74, 6) is 0. The lowest BCUT2D eigenvalue weighted by atomic mass is 10.0. The van der Waals surface area contributed by atoms with Crippen molar-refractivity contribution in [3.05, 3.63) is 0 Å². The molecule has 2 unspecified atom stereocenters. The maximum atomic E-state index is 9.02. The predicted molar refractivity (Wildman–Crippen MR) is 127 cm³/mol. The van der Waals surface area contributed by atoms with Gasteiger partial charge in [0.05, 0.1) is 12.2 Å². The number of aliphatic hydroxyl groups excluding tert-OH is 1. The van der Waals surface area contributed by atoms with Gasteiger partial charge in [-0.3, -0.25) is 0 Å². The van der Waals surface area contributed by atoms with Crippen LogP contribution in [0.4, 0.5) is 0 Å². The van der Waals surface area contributed by atoms with Crippen LogP contribution in [0.25, 0.3) is 0 Å². The van der Waals surface area contributed by atoms with Gasteiger partial charge in [-0.05, 0) is 26.2 Å². The van der Waals surface area contributed by atoms with Gasteiger partial charge in [0.25, 0.3) is 0 Å². The Bertz CT molecular complexity index is 296. The summed E-state index contributed by atoms with van der Waals surface area (Å²) in [5, 5.41) is 9.02. The van der Waals surface area contributed by atoms with Crippen molar-refractivity contribution in [1.82, 2.24) is 0 Å². The second-order valence-electron chi connectivity index (χ2n) is 8.80.